The van der Waals surface area contributed by atoms with Crippen LogP contribution in [0.2, 0.25) is 0 Å². The van der Waals surface area contributed by atoms with Crippen molar-refractivity contribution in [2.75, 3.05) is 51.4 Å². The van der Waals surface area contributed by atoms with Crippen LogP contribution in [0.15, 0.2) is 23.1 Å². The first-order chi connectivity index (χ1) is 9.81. The molecule has 0 atom stereocenters. The van der Waals surface area contributed by atoms with E-state index in [2.05, 4.69) is 14.5 Å². The average molecular weight is 314 g/mol. The summed E-state index contributed by atoms with van der Waals surface area (Å²) in [6, 6.07) is 4.81. The highest BCUT2D eigenvalue weighted by Crippen LogP contribution is 2.26. The Balaban J connectivity index is 3.00. The van der Waals surface area contributed by atoms with E-state index >= 15 is 0 Å². The van der Waals surface area contributed by atoms with E-state index in [1.807, 2.05) is 21.0 Å². The number of nitrogens with zero attached hydrogens (tertiary/aromatic N) is 2. The number of anilines is 2. The van der Waals surface area contributed by atoms with Gasteiger partial charge in [0.1, 0.15) is 0 Å². The summed E-state index contributed by atoms with van der Waals surface area (Å²) < 4.78 is 26.1. The van der Waals surface area contributed by atoms with E-state index in [1.165, 1.54) is 13.1 Å². The largest absolute Gasteiger partial charge is 0.397 e. The third-order valence-electron chi connectivity index (χ3n) is 3.34. The monoisotopic (exact) mass is 314 g/mol. The molecule has 0 heterocycles. The summed E-state index contributed by atoms with van der Waals surface area (Å²) >= 11 is 0. The Morgan fingerprint density at radius 2 is 1.90 bits per heavy atom. The molecule has 0 aliphatic heterocycles. The van der Waals surface area contributed by atoms with Crippen LogP contribution in [0, 0.1) is 0 Å². The highest BCUT2D eigenvalue weighted by molar-refractivity contribution is 7.89. The van der Waals surface area contributed by atoms with Gasteiger partial charge in [0.05, 0.1) is 16.3 Å². The van der Waals surface area contributed by atoms with Crippen molar-refractivity contribution in [1.29, 1.82) is 0 Å². The molecule has 7 heteroatoms. The maximum Gasteiger partial charge on any atom is 0.240 e. The molecule has 3 N–H and O–H groups in total. The second-order valence-electron chi connectivity index (χ2n) is 5.16. The molecule has 1 aromatic rings. The fourth-order valence-electron chi connectivity index (χ4n) is 2.11. The van der Waals surface area contributed by atoms with Crippen LogP contribution in [0.3, 0.4) is 0 Å². The van der Waals surface area contributed by atoms with Crippen molar-refractivity contribution in [2.24, 2.45) is 0 Å². The third kappa shape index (κ3) is 4.87. The lowest BCUT2D eigenvalue weighted by Gasteiger charge is -2.26. The van der Waals surface area contributed by atoms with Gasteiger partial charge in [-0.25, -0.2) is 13.1 Å². The quantitative estimate of drug-likeness (QED) is 0.699. The zero-order valence-corrected chi connectivity index (χ0v) is 14.1. The van der Waals surface area contributed by atoms with Gasteiger partial charge in [0.15, 0.2) is 0 Å². The average Bonchev–Trinajstić information content (AvgIpc) is 2.44. The van der Waals surface area contributed by atoms with Gasteiger partial charge in [-0.2, -0.15) is 0 Å². The number of hydrogen-bond acceptors (Lipinski definition) is 5. The van der Waals surface area contributed by atoms with Gasteiger partial charge in [-0.1, -0.05) is 0 Å². The lowest BCUT2D eigenvalue weighted by molar-refractivity contribution is 0.400. The summed E-state index contributed by atoms with van der Waals surface area (Å²) in [5.41, 5.74) is 7.38. The molecule has 0 radical (unpaired) electrons. The van der Waals surface area contributed by atoms with E-state index in [1.54, 1.807) is 12.1 Å². The Kier molecular flexibility index (Phi) is 6.44. The minimum Gasteiger partial charge on any atom is -0.397 e. The molecule has 0 bridgehead atoms. The van der Waals surface area contributed by atoms with E-state index in [4.69, 9.17) is 5.73 Å². The maximum atomic E-state index is 11.9. The van der Waals surface area contributed by atoms with Gasteiger partial charge >= 0.3 is 0 Å². The summed E-state index contributed by atoms with van der Waals surface area (Å²) in [6.07, 6.45) is 0.989. The summed E-state index contributed by atoms with van der Waals surface area (Å²) in [5, 5.41) is 0. The molecule has 21 heavy (non-hydrogen) atoms. The van der Waals surface area contributed by atoms with Crippen molar-refractivity contribution < 1.29 is 8.42 Å². The first-order valence-corrected chi connectivity index (χ1v) is 8.53. The predicted octanol–water partition coefficient (Wildman–Crippen LogP) is 0.955. The molecule has 0 fully saturated rings. The Morgan fingerprint density at radius 1 is 1.24 bits per heavy atom. The Hall–Kier alpha value is -1.31. The van der Waals surface area contributed by atoms with Crippen molar-refractivity contribution in [3.8, 4) is 0 Å². The normalized spacial score (nSPS) is 11.9. The van der Waals surface area contributed by atoms with Crippen LogP contribution in [0.25, 0.3) is 0 Å². The van der Waals surface area contributed by atoms with Gasteiger partial charge in [-0.3, -0.25) is 0 Å². The fourth-order valence-corrected chi connectivity index (χ4v) is 2.86. The molecular weight excluding hydrogens is 288 g/mol. The van der Waals surface area contributed by atoms with Crippen molar-refractivity contribution in [3.63, 3.8) is 0 Å². The van der Waals surface area contributed by atoms with E-state index in [-0.39, 0.29) is 4.90 Å². The third-order valence-corrected chi connectivity index (χ3v) is 4.75. The molecule has 0 amide bonds. The number of hydrogen-bond donors (Lipinski definition) is 2. The summed E-state index contributed by atoms with van der Waals surface area (Å²) in [6.45, 7) is 4.63. The van der Waals surface area contributed by atoms with Crippen molar-refractivity contribution in [3.05, 3.63) is 18.2 Å². The first kappa shape index (κ1) is 17.7. The van der Waals surface area contributed by atoms with Crippen molar-refractivity contribution in [1.82, 2.24) is 9.62 Å². The second kappa shape index (κ2) is 7.63. The molecule has 0 saturated heterocycles. The Bertz CT molecular complexity index is 558. The molecule has 0 aromatic heterocycles. The van der Waals surface area contributed by atoms with E-state index in [0.29, 0.717) is 5.69 Å². The number of rotatable bonds is 8. The maximum absolute atomic E-state index is 11.9. The van der Waals surface area contributed by atoms with Gasteiger partial charge in [-0.15, -0.1) is 0 Å². The van der Waals surface area contributed by atoms with Crippen molar-refractivity contribution in [2.45, 2.75) is 18.2 Å². The van der Waals surface area contributed by atoms with E-state index < -0.39 is 10.0 Å². The minimum absolute atomic E-state index is 0.236. The van der Waals surface area contributed by atoms with Crippen LogP contribution in [0.4, 0.5) is 11.4 Å². The first-order valence-electron chi connectivity index (χ1n) is 7.04. The lowest BCUT2D eigenvalue weighted by Crippen LogP contribution is -2.28. The van der Waals surface area contributed by atoms with Crippen molar-refractivity contribution >= 4 is 21.4 Å². The fraction of sp³-hybridized carbons (Fsp3) is 0.571. The number of benzene rings is 1. The molecule has 6 nitrogen and oxygen atoms in total. The van der Waals surface area contributed by atoms with Gasteiger partial charge in [0.25, 0.3) is 0 Å². The summed E-state index contributed by atoms with van der Waals surface area (Å²) in [7, 11) is 2.01. The van der Waals surface area contributed by atoms with Gasteiger partial charge in [-0.05, 0) is 59.2 Å². The smallest absolute Gasteiger partial charge is 0.240 e. The predicted molar refractivity (Wildman–Crippen MR) is 88.2 cm³/mol. The molecule has 0 unspecified atom stereocenters. The Morgan fingerprint density at radius 3 is 2.43 bits per heavy atom. The SMILES string of the molecule is CCN(CCCN(C)C)c1cc(S(=O)(=O)NC)ccc1N. The molecule has 1 rings (SSSR count). The highest BCUT2D eigenvalue weighted by Gasteiger charge is 2.16. The molecule has 1 aromatic carbocycles. The molecule has 120 valence electrons. The molecule has 0 saturated carbocycles. The van der Waals surface area contributed by atoms with Crippen LogP contribution in [-0.2, 0) is 10.0 Å². The van der Waals surface area contributed by atoms with Crippen LogP contribution in [-0.4, -0.2) is 54.1 Å². The van der Waals surface area contributed by atoms with Crippen LogP contribution < -0.4 is 15.4 Å². The van der Waals surface area contributed by atoms with Gasteiger partial charge < -0.3 is 15.5 Å². The van der Waals surface area contributed by atoms with Crippen LogP contribution >= 0.6 is 0 Å². The van der Waals surface area contributed by atoms with E-state index in [9.17, 15) is 8.42 Å². The highest BCUT2D eigenvalue weighted by atomic mass is 32.2. The molecular formula is C14H26N4O2S. The second-order valence-corrected chi connectivity index (χ2v) is 7.05. The number of sulfonamides is 1. The zero-order valence-electron chi connectivity index (χ0n) is 13.3. The van der Waals surface area contributed by atoms with Gasteiger partial charge in [0.2, 0.25) is 10.0 Å². The molecule has 0 aliphatic rings. The number of nitrogen functional groups attached to an aromatic ring is 1. The summed E-state index contributed by atoms with van der Waals surface area (Å²) in [5.74, 6) is 0. The standard InChI is InChI=1S/C14H26N4O2S/c1-5-18(10-6-9-17(3)4)14-11-12(7-8-13(14)15)21(19,20)16-2/h7-8,11,16H,5-6,9-10,15H2,1-4H3. The number of nitrogens with one attached hydrogen (secondary N) is 1. The summed E-state index contributed by atoms with van der Waals surface area (Å²) in [4.78, 5) is 4.47. The van der Waals surface area contributed by atoms with Crippen LogP contribution in [0.5, 0.6) is 0 Å². The number of nitrogens with two attached hydrogens (primary N) is 1. The lowest BCUT2D eigenvalue weighted by atomic mass is 10.2. The Labute approximate surface area is 128 Å². The minimum atomic E-state index is -3.45. The van der Waals surface area contributed by atoms with Gasteiger partial charge in [0, 0.05) is 13.1 Å². The molecule has 0 aliphatic carbocycles. The van der Waals surface area contributed by atoms with Crippen LogP contribution in [0.1, 0.15) is 13.3 Å². The zero-order chi connectivity index (χ0) is 16.0. The topological polar surface area (TPSA) is 78.7 Å². The van der Waals surface area contributed by atoms with E-state index in [0.717, 1.165) is 31.7 Å². The molecule has 0 spiro atoms.